The first-order chi connectivity index (χ1) is 9.93. The highest BCUT2D eigenvalue weighted by Crippen LogP contribution is 2.32. The van der Waals surface area contributed by atoms with Crippen molar-refractivity contribution in [1.82, 2.24) is 5.32 Å². The van der Waals surface area contributed by atoms with Gasteiger partial charge in [0.15, 0.2) is 0 Å². The summed E-state index contributed by atoms with van der Waals surface area (Å²) in [4.78, 5) is 0. The summed E-state index contributed by atoms with van der Waals surface area (Å²) >= 11 is 6.53. The lowest BCUT2D eigenvalue weighted by Crippen LogP contribution is -2.23. The highest BCUT2D eigenvalue weighted by molar-refractivity contribution is 6.31. The Balaban J connectivity index is 2.55. The van der Waals surface area contributed by atoms with Gasteiger partial charge in [-0.2, -0.15) is 0 Å². The summed E-state index contributed by atoms with van der Waals surface area (Å²) in [5, 5.41) is 4.42. The van der Waals surface area contributed by atoms with Crippen molar-refractivity contribution in [1.29, 1.82) is 0 Å². The summed E-state index contributed by atoms with van der Waals surface area (Å²) in [5.41, 5.74) is 7.57. The van der Waals surface area contributed by atoms with E-state index in [1.165, 1.54) is 27.8 Å². The molecular weight excluding hydrogens is 278 g/mol. The van der Waals surface area contributed by atoms with E-state index >= 15 is 0 Å². The second kappa shape index (κ2) is 6.64. The fourth-order valence-corrected chi connectivity index (χ4v) is 3.09. The number of nitrogens with one attached hydrogen (secondary N) is 1. The second-order valence-corrected chi connectivity index (χ2v) is 6.22. The van der Waals surface area contributed by atoms with Crippen LogP contribution in [0.15, 0.2) is 30.3 Å². The van der Waals surface area contributed by atoms with Crippen molar-refractivity contribution in [3.8, 4) is 0 Å². The van der Waals surface area contributed by atoms with Crippen molar-refractivity contribution in [2.24, 2.45) is 0 Å². The van der Waals surface area contributed by atoms with Gasteiger partial charge in [0, 0.05) is 5.02 Å². The van der Waals surface area contributed by atoms with Crippen LogP contribution >= 0.6 is 11.6 Å². The van der Waals surface area contributed by atoms with Crippen LogP contribution in [0.3, 0.4) is 0 Å². The molecule has 0 fully saturated rings. The standard InChI is InChI=1S/C19H24ClN/c1-6-21-19(16-8-7-12(2)9-15(16)5)17-10-13(3)14(4)11-18(17)20/h7-11,19,21H,6H2,1-5H3. The van der Waals surface area contributed by atoms with Crippen LogP contribution in [0, 0.1) is 27.7 Å². The molecule has 0 aliphatic heterocycles. The van der Waals surface area contributed by atoms with Crippen molar-refractivity contribution in [2.75, 3.05) is 6.54 Å². The highest BCUT2D eigenvalue weighted by Gasteiger charge is 2.18. The van der Waals surface area contributed by atoms with E-state index < -0.39 is 0 Å². The molecule has 1 atom stereocenters. The minimum absolute atomic E-state index is 0.141. The van der Waals surface area contributed by atoms with Gasteiger partial charge in [-0.05, 0) is 68.1 Å². The average Bonchev–Trinajstić information content (AvgIpc) is 2.41. The maximum atomic E-state index is 6.53. The third kappa shape index (κ3) is 3.48. The maximum absolute atomic E-state index is 6.53. The molecule has 1 N–H and O–H groups in total. The topological polar surface area (TPSA) is 12.0 Å². The van der Waals surface area contributed by atoms with Crippen LogP contribution in [-0.2, 0) is 0 Å². The molecule has 2 aromatic carbocycles. The van der Waals surface area contributed by atoms with Crippen molar-refractivity contribution < 1.29 is 0 Å². The van der Waals surface area contributed by atoms with E-state index in [-0.39, 0.29) is 6.04 Å². The number of hydrogen-bond donors (Lipinski definition) is 1. The molecule has 2 heteroatoms. The lowest BCUT2D eigenvalue weighted by atomic mass is 9.92. The first-order valence-electron chi connectivity index (χ1n) is 7.51. The van der Waals surface area contributed by atoms with E-state index in [4.69, 9.17) is 11.6 Å². The van der Waals surface area contributed by atoms with Gasteiger partial charge in [-0.15, -0.1) is 0 Å². The summed E-state index contributed by atoms with van der Waals surface area (Å²) in [6, 6.07) is 11.0. The predicted octanol–water partition coefficient (Wildman–Crippen LogP) is 5.27. The minimum atomic E-state index is 0.141. The molecule has 2 rings (SSSR count). The molecule has 0 aliphatic carbocycles. The first-order valence-corrected chi connectivity index (χ1v) is 7.89. The van der Waals surface area contributed by atoms with Crippen molar-refractivity contribution >= 4 is 11.6 Å². The summed E-state index contributed by atoms with van der Waals surface area (Å²) in [6.07, 6.45) is 0. The number of rotatable bonds is 4. The molecule has 2 aromatic rings. The second-order valence-electron chi connectivity index (χ2n) is 5.81. The first kappa shape index (κ1) is 16.1. The molecule has 0 radical (unpaired) electrons. The Morgan fingerprint density at radius 3 is 2.19 bits per heavy atom. The molecule has 21 heavy (non-hydrogen) atoms. The molecule has 0 bridgehead atoms. The molecule has 0 aromatic heterocycles. The van der Waals surface area contributed by atoms with Crippen molar-refractivity contribution in [2.45, 2.75) is 40.7 Å². The summed E-state index contributed by atoms with van der Waals surface area (Å²) in [6.45, 7) is 11.6. The zero-order valence-electron chi connectivity index (χ0n) is 13.5. The summed E-state index contributed by atoms with van der Waals surface area (Å²) < 4.78 is 0. The molecule has 0 saturated heterocycles. The van der Waals surface area contributed by atoms with Crippen LogP contribution in [0.4, 0.5) is 0 Å². The fraction of sp³-hybridized carbons (Fsp3) is 0.368. The molecule has 1 nitrogen and oxygen atoms in total. The van der Waals surface area contributed by atoms with E-state index in [0.717, 1.165) is 17.1 Å². The van der Waals surface area contributed by atoms with E-state index in [1.54, 1.807) is 0 Å². The van der Waals surface area contributed by atoms with Crippen LogP contribution in [0.1, 0.15) is 46.3 Å². The van der Waals surface area contributed by atoms with Gasteiger partial charge in [0.05, 0.1) is 6.04 Å². The lowest BCUT2D eigenvalue weighted by Gasteiger charge is -2.23. The van der Waals surface area contributed by atoms with E-state index in [0.29, 0.717) is 0 Å². The molecule has 1 unspecified atom stereocenters. The van der Waals surface area contributed by atoms with Gasteiger partial charge in [-0.1, -0.05) is 48.4 Å². The van der Waals surface area contributed by atoms with Crippen molar-refractivity contribution in [3.05, 3.63) is 68.7 Å². The largest absolute Gasteiger partial charge is 0.306 e. The Morgan fingerprint density at radius 1 is 0.905 bits per heavy atom. The number of benzene rings is 2. The average molecular weight is 302 g/mol. The smallest absolute Gasteiger partial charge is 0.0594 e. The van der Waals surface area contributed by atoms with Crippen molar-refractivity contribution in [3.63, 3.8) is 0 Å². The van der Waals surface area contributed by atoms with E-state index in [2.05, 4.69) is 70.3 Å². The molecule has 0 spiro atoms. The van der Waals surface area contributed by atoms with Gasteiger partial charge >= 0.3 is 0 Å². The number of aryl methyl sites for hydroxylation is 4. The van der Waals surface area contributed by atoms with E-state index in [9.17, 15) is 0 Å². The van der Waals surface area contributed by atoms with Gasteiger partial charge in [-0.3, -0.25) is 0 Å². The zero-order chi connectivity index (χ0) is 15.6. The van der Waals surface area contributed by atoms with Crippen LogP contribution < -0.4 is 5.32 Å². The SMILES string of the molecule is CCNC(c1ccc(C)cc1C)c1cc(C)c(C)cc1Cl. The van der Waals surface area contributed by atoms with Crippen LogP contribution in [0.2, 0.25) is 5.02 Å². The van der Waals surface area contributed by atoms with E-state index in [1.807, 2.05) is 0 Å². The van der Waals surface area contributed by atoms with Crippen LogP contribution in [0.25, 0.3) is 0 Å². The molecule has 0 amide bonds. The Labute approximate surface area is 133 Å². The normalized spacial score (nSPS) is 12.5. The monoisotopic (exact) mass is 301 g/mol. The fourth-order valence-electron chi connectivity index (χ4n) is 2.77. The molecular formula is C19H24ClN. The van der Waals surface area contributed by atoms with Gasteiger partial charge in [0.2, 0.25) is 0 Å². The molecule has 112 valence electrons. The van der Waals surface area contributed by atoms with Gasteiger partial charge < -0.3 is 5.32 Å². The highest BCUT2D eigenvalue weighted by atomic mass is 35.5. The Hall–Kier alpha value is -1.31. The summed E-state index contributed by atoms with van der Waals surface area (Å²) in [7, 11) is 0. The van der Waals surface area contributed by atoms with Gasteiger partial charge in [0.25, 0.3) is 0 Å². The lowest BCUT2D eigenvalue weighted by molar-refractivity contribution is 0.627. The Kier molecular flexibility index (Phi) is 5.08. The van der Waals surface area contributed by atoms with Gasteiger partial charge in [-0.25, -0.2) is 0 Å². The van der Waals surface area contributed by atoms with Crippen LogP contribution in [0.5, 0.6) is 0 Å². The third-order valence-corrected chi connectivity index (χ3v) is 4.40. The molecule has 0 saturated carbocycles. The zero-order valence-corrected chi connectivity index (χ0v) is 14.3. The molecule has 0 aliphatic rings. The Bertz CT molecular complexity index is 646. The Morgan fingerprint density at radius 2 is 1.57 bits per heavy atom. The minimum Gasteiger partial charge on any atom is -0.306 e. The maximum Gasteiger partial charge on any atom is 0.0594 e. The number of halogens is 1. The summed E-state index contributed by atoms with van der Waals surface area (Å²) in [5.74, 6) is 0. The van der Waals surface area contributed by atoms with Crippen LogP contribution in [-0.4, -0.2) is 6.54 Å². The quantitative estimate of drug-likeness (QED) is 0.811. The number of hydrogen-bond acceptors (Lipinski definition) is 1. The third-order valence-electron chi connectivity index (χ3n) is 4.07. The van der Waals surface area contributed by atoms with Gasteiger partial charge in [0.1, 0.15) is 0 Å². The predicted molar refractivity (Wildman–Crippen MR) is 92.4 cm³/mol. The molecule has 0 heterocycles.